The maximum atomic E-state index is 12.4. The van der Waals surface area contributed by atoms with E-state index in [1.165, 1.54) is 29.2 Å². The molecule has 0 radical (unpaired) electrons. The van der Waals surface area contributed by atoms with Crippen molar-refractivity contribution in [3.8, 4) is 0 Å². The maximum Gasteiger partial charge on any atom is 0.291 e. The van der Waals surface area contributed by atoms with Crippen molar-refractivity contribution < 1.29 is 18.0 Å². The number of amides is 2. The van der Waals surface area contributed by atoms with E-state index >= 15 is 0 Å². The van der Waals surface area contributed by atoms with Gasteiger partial charge in [-0.15, -0.1) is 10.2 Å². The highest BCUT2D eigenvalue weighted by atomic mass is 32.2. The van der Waals surface area contributed by atoms with Crippen LogP contribution in [0.3, 0.4) is 0 Å². The Kier molecular flexibility index (Phi) is 5.93. The number of rotatable bonds is 6. The van der Waals surface area contributed by atoms with Crippen molar-refractivity contribution >= 4 is 44.0 Å². The number of nitrogens with zero attached hydrogens (tertiary/aromatic N) is 3. The summed E-state index contributed by atoms with van der Waals surface area (Å²) in [7, 11) is -0.692. The van der Waals surface area contributed by atoms with Gasteiger partial charge in [0, 0.05) is 31.3 Å². The number of carbonyl (C=O) groups excluding carboxylic acids is 2. The summed E-state index contributed by atoms with van der Waals surface area (Å²) in [6.07, 6.45) is 0. The summed E-state index contributed by atoms with van der Waals surface area (Å²) in [6.45, 7) is 3.42. The molecule has 0 saturated heterocycles. The molecule has 0 aliphatic rings. The Morgan fingerprint density at radius 3 is 2.27 bits per heavy atom. The fourth-order valence-corrected chi connectivity index (χ4v) is 3.72. The molecule has 0 unspecified atom stereocenters. The topological polar surface area (TPSA) is 121 Å². The Labute approximate surface area is 155 Å². The molecule has 2 N–H and O–H groups in total. The van der Waals surface area contributed by atoms with E-state index in [0.29, 0.717) is 5.56 Å². The highest BCUT2D eigenvalue weighted by molar-refractivity contribution is 7.94. The van der Waals surface area contributed by atoms with E-state index < -0.39 is 10.0 Å². The molecule has 1 heterocycles. The predicted octanol–water partition coefficient (Wildman–Crippen LogP) is 1.64. The van der Waals surface area contributed by atoms with E-state index in [2.05, 4.69) is 20.2 Å². The number of sulfonamides is 1. The largest absolute Gasteiger partial charge is 0.345 e. The van der Waals surface area contributed by atoms with Gasteiger partial charge in [0.25, 0.3) is 20.3 Å². The molecule has 0 fully saturated rings. The molecule has 9 nitrogen and oxygen atoms in total. The SMILES string of the molecule is CC(C)C(=O)Nc1nnc(S(=O)(=O)Nc2ccc(C(=O)N(C)C)cc2)s1. The van der Waals surface area contributed by atoms with Crippen molar-refractivity contribution in [3.63, 3.8) is 0 Å². The first kappa shape index (κ1) is 19.8. The molecule has 1 aromatic carbocycles. The second-order valence-corrected chi connectivity index (χ2v) is 8.73. The van der Waals surface area contributed by atoms with E-state index in [-0.39, 0.29) is 32.9 Å². The Morgan fingerprint density at radius 2 is 1.73 bits per heavy atom. The maximum absolute atomic E-state index is 12.4. The van der Waals surface area contributed by atoms with E-state index in [4.69, 9.17) is 0 Å². The minimum absolute atomic E-state index is 0.107. The molecular formula is C15H19N5O4S2. The van der Waals surface area contributed by atoms with E-state index in [1.54, 1.807) is 27.9 Å². The molecule has 0 aliphatic heterocycles. The molecule has 1 aromatic heterocycles. The molecule has 0 saturated carbocycles. The molecule has 140 valence electrons. The molecule has 2 aromatic rings. The molecule has 0 aliphatic carbocycles. The van der Waals surface area contributed by atoms with Crippen LogP contribution in [0.25, 0.3) is 0 Å². The van der Waals surface area contributed by atoms with Gasteiger partial charge in [-0.2, -0.15) is 8.42 Å². The number of carbonyl (C=O) groups is 2. The van der Waals surface area contributed by atoms with Crippen molar-refractivity contribution in [1.82, 2.24) is 15.1 Å². The molecule has 26 heavy (non-hydrogen) atoms. The van der Waals surface area contributed by atoms with Gasteiger partial charge in [0.1, 0.15) is 0 Å². The number of hydrogen-bond donors (Lipinski definition) is 2. The molecule has 2 amide bonds. The third kappa shape index (κ3) is 4.76. The van der Waals surface area contributed by atoms with Crippen molar-refractivity contribution in [3.05, 3.63) is 29.8 Å². The summed E-state index contributed by atoms with van der Waals surface area (Å²) >= 11 is 0.751. The van der Waals surface area contributed by atoms with Gasteiger partial charge in [0.05, 0.1) is 0 Å². The van der Waals surface area contributed by atoms with Gasteiger partial charge in [-0.25, -0.2) is 0 Å². The zero-order valence-electron chi connectivity index (χ0n) is 14.7. The monoisotopic (exact) mass is 397 g/mol. The first-order valence-corrected chi connectivity index (χ1v) is 9.89. The van der Waals surface area contributed by atoms with Crippen LogP contribution in [-0.4, -0.2) is 49.4 Å². The van der Waals surface area contributed by atoms with Crippen molar-refractivity contribution in [2.75, 3.05) is 24.1 Å². The lowest BCUT2D eigenvalue weighted by Gasteiger charge is -2.11. The van der Waals surface area contributed by atoms with Crippen LogP contribution >= 0.6 is 11.3 Å². The second-order valence-electron chi connectivity index (χ2n) is 5.90. The van der Waals surface area contributed by atoms with Crippen LogP contribution in [0.2, 0.25) is 0 Å². The second kappa shape index (κ2) is 7.79. The summed E-state index contributed by atoms with van der Waals surface area (Å²) in [5.41, 5.74) is 0.718. The smallest absolute Gasteiger partial charge is 0.291 e. The summed E-state index contributed by atoms with van der Waals surface area (Å²) < 4.78 is 26.8. The number of anilines is 2. The van der Waals surface area contributed by atoms with E-state index in [9.17, 15) is 18.0 Å². The van der Waals surface area contributed by atoms with Crippen LogP contribution in [-0.2, 0) is 14.8 Å². The summed E-state index contributed by atoms with van der Waals surface area (Å²) in [5, 5.41) is 9.89. The fourth-order valence-electron chi connectivity index (χ4n) is 1.76. The zero-order valence-corrected chi connectivity index (χ0v) is 16.3. The van der Waals surface area contributed by atoms with Gasteiger partial charge < -0.3 is 10.2 Å². The van der Waals surface area contributed by atoms with Crippen molar-refractivity contribution in [1.29, 1.82) is 0 Å². The molecule has 0 atom stereocenters. The van der Waals surface area contributed by atoms with E-state index in [0.717, 1.165) is 11.3 Å². The molecule has 11 heteroatoms. The molecular weight excluding hydrogens is 378 g/mol. The van der Waals surface area contributed by atoms with Gasteiger partial charge in [0.2, 0.25) is 11.0 Å². The van der Waals surface area contributed by atoms with Crippen LogP contribution in [0, 0.1) is 5.92 Å². The van der Waals surface area contributed by atoms with Crippen molar-refractivity contribution in [2.24, 2.45) is 5.92 Å². The predicted molar refractivity (Wildman–Crippen MR) is 98.6 cm³/mol. The lowest BCUT2D eigenvalue weighted by molar-refractivity contribution is -0.118. The van der Waals surface area contributed by atoms with Gasteiger partial charge in [-0.1, -0.05) is 25.2 Å². The Hall–Kier alpha value is -2.53. The number of aromatic nitrogens is 2. The van der Waals surface area contributed by atoms with Crippen LogP contribution in [0.4, 0.5) is 10.8 Å². The zero-order chi connectivity index (χ0) is 19.5. The van der Waals surface area contributed by atoms with Crippen LogP contribution in [0.5, 0.6) is 0 Å². The van der Waals surface area contributed by atoms with Gasteiger partial charge in [-0.3, -0.25) is 14.3 Å². The number of hydrogen-bond acceptors (Lipinski definition) is 7. The van der Waals surface area contributed by atoms with Gasteiger partial charge >= 0.3 is 0 Å². The quantitative estimate of drug-likeness (QED) is 0.715. The highest BCUT2D eigenvalue weighted by Crippen LogP contribution is 2.23. The Morgan fingerprint density at radius 1 is 1.12 bits per heavy atom. The first-order chi connectivity index (χ1) is 12.1. The molecule has 0 spiro atoms. The summed E-state index contributed by atoms with van der Waals surface area (Å²) in [5.74, 6) is -0.728. The third-order valence-corrected chi connectivity index (χ3v) is 5.77. The van der Waals surface area contributed by atoms with Gasteiger partial charge in [-0.05, 0) is 24.3 Å². The number of benzene rings is 1. The molecule has 0 bridgehead atoms. The lowest BCUT2D eigenvalue weighted by Crippen LogP contribution is -2.21. The summed E-state index contributed by atoms with van der Waals surface area (Å²) in [6, 6.07) is 6.01. The lowest BCUT2D eigenvalue weighted by atomic mass is 10.2. The Bertz CT molecular complexity index is 904. The molecule has 2 rings (SSSR count). The minimum Gasteiger partial charge on any atom is -0.345 e. The third-order valence-electron chi connectivity index (χ3n) is 3.18. The van der Waals surface area contributed by atoms with Crippen LogP contribution in [0.1, 0.15) is 24.2 Å². The van der Waals surface area contributed by atoms with Gasteiger partial charge in [0.15, 0.2) is 0 Å². The fraction of sp³-hybridized carbons (Fsp3) is 0.333. The first-order valence-electron chi connectivity index (χ1n) is 7.59. The normalized spacial score (nSPS) is 11.3. The average molecular weight is 397 g/mol. The van der Waals surface area contributed by atoms with Crippen LogP contribution < -0.4 is 10.0 Å². The summed E-state index contributed by atoms with van der Waals surface area (Å²) in [4.78, 5) is 24.9. The Balaban J connectivity index is 2.12. The number of nitrogens with one attached hydrogen (secondary N) is 2. The van der Waals surface area contributed by atoms with Crippen molar-refractivity contribution in [2.45, 2.75) is 18.2 Å². The van der Waals surface area contributed by atoms with Crippen LogP contribution in [0.15, 0.2) is 28.6 Å². The highest BCUT2D eigenvalue weighted by Gasteiger charge is 2.21. The minimum atomic E-state index is -3.95. The standard InChI is InChI=1S/C15H19N5O4S2/c1-9(2)12(21)16-14-17-18-15(25-14)26(23,24)19-11-7-5-10(6-8-11)13(22)20(3)4/h5-9,19H,1-4H3,(H,16,17,21). The van der Waals surface area contributed by atoms with E-state index in [1.807, 2.05) is 0 Å². The average Bonchev–Trinajstić information content (AvgIpc) is 3.03.